The summed E-state index contributed by atoms with van der Waals surface area (Å²) in [6.45, 7) is 2.97. The SMILES string of the molecule is CCNC1(c2ccccc2)CCC2(CC1)NC(=O)NC2=O.O=C(O)C(O)C(O)C(=O)O. The zero-order chi connectivity index (χ0) is 23.2. The minimum Gasteiger partial charge on any atom is -0.479 e. The van der Waals surface area contributed by atoms with Gasteiger partial charge in [0.05, 0.1) is 0 Å². The van der Waals surface area contributed by atoms with Crippen molar-refractivity contribution in [3.8, 4) is 0 Å². The van der Waals surface area contributed by atoms with Crippen molar-refractivity contribution < 1.29 is 39.6 Å². The Morgan fingerprint density at radius 2 is 1.52 bits per heavy atom. The van der Waals surface area contributed by atoms with Crippen LogP contribution in [-0.4, -0.2) is 68.6 Å². The first kappa shape index (κ1) is 24.3. The maximum Gasteiger partial charge on any atom is 0.335 e. The molecule has 0 radical (unpaired) electrons. The number of aliphatic hydroxyl groups is 2. The van der Waals surface area contributed by atoms with Crippen LogP contribution in [0.15, 0.2) is 30.3 Å². The highest BCUT2D eigenvalue weighted by atomic mass is 16.4. The summed E-state index contributed by atoms with van der Waals surface area (Å²) in [5.41, 5.74) is 0.450. The molecule has 2 atom stereocenters. The van der Waals surface area contributed by atoms with Gasteiger partial charge in [-0.2, -0.15) is 0 Å². The number of nitrogens with one attached hydrogen (secondary N) is 3. The minimum atomic E-state index is -2.27. The first-order chi connectivity index (χ1) is 14.6. The van der Waals surface area contributed by atoms with Gasteiger partial charge in [-0.05, 0) is 37.8 Å². The number of aliphatic hydroxyl groups excluding tert-OH is 2. The van der Waals surface area contributed by atoms with Gasteiger partial charge in [0, 0.05) is 5.54 Å². The van der Waals surface area contributed by atoms with Crippen molar-refractivity contribution in [2.24, 2.45) is 0 Å². The fraction of sp³-hybridized carbons (Fsp3) is 0.500. The summed E-state index contributed by atoms with van der Waals surface area (Å²) in [5.74, 6) is -3.71. The molecule has 11 heteroatoms. The Hall–Kier alpha value is -3.02. The van der Waals surface area contributed by atoms with E-state index in [1.54, 1.807) is 0 Å². The Labute approximate surface area is 178 Å². The third-order valence-corrected chi connectivity index (χ3v) is 5.62. The standard InChI is InChI=1S/C16H21N3O2.C4H6O6/c1-2-17-15(12-6-4-3-5-7-12)8-10-16(11-9-15)13(20)18-14(21)19-16;5-1(3(7)8)2(6)4(9)10/h3-7,17H,2,8-11H2,1H3,(H2,18,19,20,21);1-2,5-6H,(H,7,8)(H,9,10). The number of benzene rings is 1. The number of imide groups is 1. The van der Waals surface area contributed by atoms with E-state index in [-0.39, 0.29) is 17.5 Å². The van der Waals surface area contributed by atoms with Gasteiger partial charge in [0.25, 0.3) is 5.91 Å². The fourth-order valence-electron chi connectivity index (χ4n) is 3.92. The molecule has 1 aromatic carbocycles. The van der Waals surface area contributed by atoms with E-state index in [1.807, 2.05) is 18.2 Å². The maximum absolute atomic E-state index is 12.1. The second kappa shape index (κ2) is 9.86. The van der Waals surface area contributed by atoms with Crippen LogP contribution < -0.4 is 16.0 Å². The molecule has 1 aromatic rings. The predicted molar refractivity (Wildman–Crippen MR) is 107 cm³/mol. The highest BCUT2D eigenvalue weighted by Gasteiger charge is 2.51. The van der Waals surface area contributed by atoms with E-state index in [4.69, 9.17) is 20.4 Å². The van der Waals surface area contributed by atoms with E-state index >= 15 is 0 Å². The van der Waals surface area contributed by atoms with Gasteiger partial charge in [-0.15, -0.1) is 0 Å². The van der Waals surface area contributed by atoms with Crippen LogP contribution in [0.1, 0.15) is 38.2 Å². The number of carbonyl (C=O) groups excluding carboxylic acids is 2. The van der Waals surface area contributed by atoms with Crippen LogP contribution in [-0.2, 0) is 19.9 Å². The Bertz CT molecular complexity index is 803. The first-order valence-electron chi connectivity index (χ1n) is 9.83. The van der Waals surface area contributed by atoms with Gasteiger partial charge in [-0.1, -0.05) is 37.3 Å². The zero-order valence-electron chi connectivity index (χ0n) is 17.0. The van der Waals surface area contributed by atoms with Gasteiger partial charge in [0.2, 0.25) is 0 Å². The lowest BCUT2D eigenvalue weighted by Gasteiger charge is -2.44. The lowest BCUT2D eigenvalue weighted by Crippen LogP contribution is -2.56. The number of urea groups is 1. The normalized spacial score (nSPS) is 26.8. The van der Waals surface area contributed by atoms with Crippen molar-refractivity contribution in [3.05, 3.63) is 35.9 Å². The topological polar surface area (TPSA) is 185 Å². The molecule has 1 saturated heterocycles. The fourth-order valence-corrected chi connectivity index (χ4v) is 3.92. The number of carboxylic acids is 2. The summed E-state index contributed by atoms with van der Waals surface area (Å²) < 4.78 is 0. The van der Waals surface area contributed by atoms with Crippen LogP contribution >= 0.6 is 0 Å². The molecular formula is C20H27N3O8. The van der Waals surface area contributed by atoms with Gasteiger partial charge in [0.1, 0.15) is 5.54 Å². The molecular weight excluding hydrogens is 410 g/mol. The van der Waals surface area contributed by atoms with Gasteiger partial charge < -0.3 is 31.1 Å². The van der Waals surface area contributed by atoms with E-state index in [0.29, 0.717) is 12.8 Å². The van der Waals surface area contributed by atoms with Crippen molar-refractivity contribution >= 4 is 23.9 Å². The lowest BCUT2D eigenvalue weighted by atomic mass is 9.69. The molecule has 3 rings (SSSR count). The molecule has 1 aliphatic carbocycles. The van der Waals surface area contributed by atoms with E-state index in [9.17, 15) is 19.2 Å². The smallest absolute Gasteiger partial charge is 0.335 e. The Kier molecular flexibility index (Phi) is 7.71. The second-order valence-electron chi connectivity index (χ2n) is 7.53. The zero-order valence-corrected chi connectivity index (χ0v) is 17.0. The second-order valence-corrected chi connectivity index (χ2v) is 7.53. The number of aliphatic carboxylic acids is 2. The van der Waals surface area contributed by atoms with E-state index in [1.165, 1.54) is 5.56 Å². The van der Waals surface area contributed by atoms with Crippen LogP contribution in [0.2, 0.25) is 0 Å². The average molecular weight is 437 g/mol. The highest BCUT2D eigenvalue weighted by Crippen LogP contribution is 2.42. The first-order valence-corrected chi connectivity index (χ1v) is 9.83. The number of carbonyl (C=O) groups is 4. The van der Waals surface area contributed by atoms with Gasteiger partial charge in [0.15, 0.2) is 12.2 Å². The largest absolute Gasteiger partial charge is 0.479 e. The molecule has 170 valence electrons. The molecule has 3 amide bonds. The van der Waals surface area contributed by atoms with Crippen molar-refractivity contribution in [2.45, 2.75) is 55.9 Å². The maximum atomic E-state index is 12.1. The Morgan fingerprint density at radius 3 is 1.90 bits per heavy atom. The van der Waals surface area contributed by atoms with E-state index in [0.717, 1.165) is 19.4 Å². The summed E-state index contributed by atoms with van der Waals surface area (Å²) in [4.78, 5) is 43.0. The molecule has 2 unspecified atom stereocenters. The predicted octanol–water partition coefficient (Wildman–Crippen LogP) is -0.479. The Morgan fingerprint density at radius 1 is 1.00 bits per heavy atom. The number of rotatable bonds is 6. The van der Waals surface area contributed by atoms with E-state index < -0.39 is 29.7 Å². The summed E-state index contributed by atoms with van der Waals surface area (Å²) >= 11 is 0. The number of amides is 3. The molecule has 1 heterocycles. The summed E-state index contributed by atoms with van der Waals surface area (Å²) in [6, 6.07) is 10.0. The van der Waals surface area contributed by atoms with Gasteiger partial charge in [-0.3, -0.25) is 10.1 Å². The van der Waals surface area contributed by atoms with Crippen LogP contribution in [0.3, 0.4) is 0 Å². The molecule has 11 nitrogen and oxygen atoms in total. The molecule has 1 saturated carbocycles. The van der Waals surface area contributed by atoms with Crippen molar-refractivity contribution in [3.63, 3.8) is 0 Å². The van der Waals surface area contributed by atoms with Crippen LogP contribution in [0.25, 0.3) is 0 Å². The molecule has 0 bridgehead atoms. The van der Waals surface area contributed by atoms with Crippen LogP contribution in [0, 0.1) is 0 Å². The summed E-state index contributed by atoms with van der Waals surface area (Å²) in [6.07, 6.45) is -1.55. The molecule has 7 N–H and O–H groups in total. The summed E-state index contributed by atoms with van der Waals surface area (Å²) in [5, 5.41) is 41.3. The third kappa shape index (κ3) is 5.37. The highest BCUT2D eigenvalue weighted by molar-refractivity contribution is 6.07. The molecule has 1 spiro atoms. The molecule has 2 aliphatic rings. The average Bonchev–Trinajstić information content (AvgIpc) is 3.02. The van der Waals surface area contributed by atoms with Crippen LogP contribution in [0.4, 0.5) is 4.79 Å². The van der Waals surface area contributed by atoms with Crippen LogP contribution in [0.5, 0.6) is 0 Å². The number of hydrogen-bond acceptors (Lipinski definition) is 7. The van der Waals surface area contributed by atoms with E-state index in [2.05, 4.69) is 35.0 Å². The molecule has 1 aliphatic heterocycles. The number of hydrogen-bond donors (Lipinski definition) is 7. The van der Waals surface area contributed by atoms with Crippen molar-refractivity contribution in [2.75, 3.05) is 6.54 Å². The van der Waals surface area contributed by atoms with Crippen molar-refractivity contribution in [1.82, 2.24) is 16.0 Å². The van der Waals surface area contributed by atoms with Gasteiger partial charge in [-0.25, -0.2) is 14.4 Å². The minimum absolute atomic E-state index is 0.102. The molecule has 31 heavy (non-hydrogen) atoms. The lowest BCUT2D eigenvalue weighted by molar-refractivity contribution is -0.165. The monoisotopic (exact) mass is 437 g/mol. The number of carboxylic acid groups (broad SMARTS) is 2. The van der Waals surface area contributed by atoms with Gasteiger partial charge >= 0.3 is 18.0 Å². The molecule has 2 fully saturated rings. The quantitative estimate of drug-likeness (QED) is 0.289. The summed E-state index contributed by atoms with van der Waals surface area (Å²) in [7, 11) is 0. The van der Waals surface area contributed by atoms with Crippen molar-refractivity contribution in [1.29, 1.82) is 0 Å². The molecule has 0 aromatic heterocycles. The Balaban J connectivity index is 0.000000291. The third-order valence-electron chi connectivity index (χ3n) is 5.62.